The lowest BCUT2D eigenvalue weighted by molar-refractivity contribution is -0.123. The minimum atomic E-state index is -3.24. The first-order valence-corrected chi connectivity index (χ1v) is 9.47. The molecule has 2 aromatic rings. The second kappa shape index (κ2) is 6.70. The number of hydrogen-bond acceptors (Lipinski definition) is 7. The van der Waals surface area contributed by atoms with Gasteiger partial charge < -0.3 is 15.2 Å². The van der Waals surface area contributed by atoms with E-state index in [0.29, 0.717) is 17.3 Å². The van der Waals surface area contributed by atoms with Gasteiger partial charge in [-0.3, -0.25) is 4.79 Å². The van der Waals surface area contributed by atoms with Crippen LogP contribution < -0.4 is 10.6 Å². The lowest BCUT2D eigenvalue weighted by Crippen LogP contribution is -2.40. The van der Waals surface area contributed by atoms with Crippen LogP contribution in [0.15, 0.2) is 33.7 Å². The molecule has 0 spiro atoms. The maximum atomic E-state index is 11.9. The number of hydrogen-bond donors (Lipinski definition) is 2. The van der Waals surface area contributed by atoms with Crippen molar-refractivity contribution >= 4 is 15.7 Å². The number of nitrogens with zero attached hydrogens (tertiary/aromatic N) is 2. The zero-order chi connectivity index (χ0) is 17.2. The van der Waals surface area contributed by atoms with Crippen LogP contribution in [0.5, 0.6) is 0 Å². The van der Waals surface area contributed by atoms with Gasteiger partial charge in [0.05, 0.1) is 17.5 Å². The monoisotopic (exact) mass is 350 g/mol. The van der Waals surface area contributed by atoms with Gasteiger partial charge in [-0.05, 0) is 43.7 Å². The number of nitrogens with one attached hydrogen (secondary N) is 2. The van der Waals surface area contributed by atoms with Crippen LogP contribution in [0.1, 0.15) is 18.7 Å². The molecule has 8 nitrogen and oxygen atoms in total. The van der Waals surface area contributed by atoms with E-state index in [1.54, 1.807) is 12.1 Å². The summed E-state index contributed by atoms with van der Waals surface area (Å²) >= 11 is 0. The van der Waals surface area contributed by atoms with Gasteiger partial charge in [-0.1, -0.05) is 5.16 Å². The van der Waals surface area contributed by atoms with E-state index in [9.17, 15) is 13.2 Å². The van der Waals surface area contributed by atoms with Crippen molar-refractivity contribution in [2.45, 2.75) is 30.3 Å². The molecule has 1 aliphatic rings. The Morgan fingerprint density at radius 3 is 2.75 bits per heavy atom. The third kappa shape index (κ3) is 3.80. The Kier molecular flexibility index (Phi) is 4.63. The van der Waals surface area contributed by atoms with E-state index >= 15 is 0 Å². The van der Waals surface area contributed by atoms with Crippen molar-refractivity contribution in [3.05, 3.63) is 30.2 Å². The molecule has 1 saturated heterocycles. The molecule has 2 N–H and O–H groups in total. The van der Waals surface area contributed by atoms with Crippen LogP contribution in [0, 0.1) is 0 Å². The third-order valence-corrected chi connectivity index (χ3v) is 4.93. The lowest BCUT2D eigenvalue weighted by Gasteiger charge is -2.08. The average molecular weight is 350 g/mol. The van der Waals surface area contributed by atoms with Gasteiger partial charge in [0.1, 0.15) is 0 Å². The standard InChI is InChI=1S/C15H18N4O4S/c1-24(21,22)11-6-4-10(5-7-11)14-18-13(23-19-14)9-17-15(20)12-3-2-8-16-12/h4-7,12,16H,2-3,8-9H2,1H3,(H,17,20). The molecule has 0 saturated carbocycles. The Labute approximate surface area is 139 Å². The predicted octanol–water partition coefficient (Wildman–Crippen LogP) is 0.508. The summed E-state index contributed by atoms with van der Waals surface area (Å²) in [4.78, 5) is 16.3. The summed E-state index contributed by atoms with van der Waals surface area (Å²) < 4.78 is 28.0. The van der Waals surface area contributed by atoms with E-state index in [4.69, 9.17) is 4.52 Å². The fourth-order valence-electron chi connectivity index (χ4n) is 2.49. The molecule has 1 aromatic heterocycles. The van der Waals surface area contributed by atoms with Crippen molar-refractivity contribution in [1.82, 2.24) is 20.8 Å². The van der Waals surface area contributed by atoms with Gasteiger partial charge in [-0.25, -0.2) is 8.42 Å². The molecule has 0 bridgehead atoms. The topological polar surface area (TPSA) is 114 Å². The summed E-state index contributed by atoms with van der Waals surface area (Å²) in [5.74, 6) is 0.562. The molecule has 24 heavy (non-hydrogen) atoms. The first-order valence-electron chi connectivity index (χ1n) is 7.57. The molecule has 1 atom stereocenters. The maximum Gasteiger partial charge on any atom is 0.246 e. The molecule has 9 heteroatoms. The van der Waals surface area contributed by atoms with Crippen LogP contribution in [-0.2, 0) is 21.2 Å². The van der Waals surface area contributed by atoms with Crippen LogP contribution in [0.4, 0.5) is 0 Å². The Morgan fingerprint density at radius 1 is 1.38 bits per heavy atom. The highest BCUT2D eigenvalue weighted by atomic mass is 32.2. The summed E-state index contributed by atoms with van der Waals surface area (Å²) in [7, 11) is -3.24. The summed E-state index contributed by atoms with van der Waals surface area (Å²) in [6.07, 6.45) is 2.97. The van der Waals surface area contributed by atoms with E-state index in [0.717, 1.165) is 25.6 Å². The Bertz CT molecular complexity index is 823. The van der Waals surface area contributed by atoms with Crippen LogP contribution in [0.25, 0.3) is 11.4 Å². The Hall–Kier alpha value is -2.26. The molecular formula is C15H18N4O4S. The highest BCUT2D eigenvalue weighted by molar-refractivity contribution is 7.90. The molecule has 0 radical (unpaired) electrons. The highest BCUT2D eigenvalue weighted by Gasteiger charge is 2.22. The number of sulfone groups is 1. The second-order valence-corrected chi connectivity index (χ2v) is 7.69. The van der Waals surface area contributed by atoms with Gasteiger partial charge in [0.2, 0.25) is 17.6 Å². The van der Waals surface area contributed by atoms with Gasteiger partial charge >= 0.3 is 0 Å². The minimum absolute atomic E-state index is 0.0789. The van der Waals surface area contributed by atoms with Gasteiger partial charge in [-0.15, -0.1) is 0 Å². The molecule has 3 rings (SSSR count). The molecule has 2 heterocycles. The number of rotatable bonds is 5. The van der Waals surface area contributed by atoms with Crippen molar-refractivity contribution < 1.29 is 17.7 Å². The molecule has 128 valence electrons. The number of benzene rings is 1. The average Bonchev–Trinajstić information content (AvgIpc) is 3.23. The molecule has 1 amide bonds. The molecule has 1 unspecified atom stereocenters. The van der Waals surface area contributed by atoms with Gasteiger partial charge in [0.15, 0.2) is 9.84 Å². The SMILES string of the molecule is CS(=O)(=O)c1ccc(-c2noc(CNC(=O)C3CCCN3)n2)cc1. The first kappa shape index (κ1) is 16.6. The summed E-state index contributed by atoms with van der Waals surface area (Å²) in [6.45, 7) is 1.01. The Balaban J connectivity index is 1.63. The minimum Gasteiger partial charge on any atom is -0.346 e. The normalized spacial score (nSPS) is 17.8. The maximum absolute atomic E-state index is 11.9. The number of aromatic nitrogens is 2. The van der Waals surface area contributed by atoms with Crippen molar-refractivity contribution in [2.24, 2.45) is 0 Å². The first-order chi connectivity index (χ1) is 11.4. The van der Waals surface area contributed by atoms with Crippen molar-refractivity contribution in [1.29, 1.82) is 0 Å². The van der Waals surface area contributed by atoms with Gasteiger partial charge in [-0.2, -0.15) is 4.98 Å². The predicted molar refractivity (Wildman–Crippen MR) is 85.7 cm³/mol. The van der Waals surface area contributed by atoms with Crippen molar-refractivity contribution in [3.63, 3.8) is 0 Å². The quantitative estimate of drug-likeness (QED) is 0.807. The Morgan fingerprint density at radius 2 is 2.12 bits per heavy atom. The largest absolute Gasteiger partial charge is 0.346 e. The third-order valence-electron chi connectivity index (χ3n) is 3.80. The second-order valence-electron chi connectivity index (χ2n) is 5.68. The zero-order valence-electron chi connectivity index (χ0n) is 13.2. The van der Waals surface area contributed by atoms with Crippen molar-refractivity contribution in [2.75, 3.05) is 12.8 Å². The van der Waals surface area contributed by atoms with Crippen molar-refractivity contribution in [3.8, 4) is 11.4 Å². The van der Waals surface area contributed by atoms with E-state index < -0.39 is 9.84 Å². The van der Waals surface area contributed by atoms with E-state index in [1.807, 2.05) is 0 Å². The van der Waals surface area contributed by atoms with E-state index in [2.05, 4.69) is 20.8 Å². The van der Waals surface area contributed by atoms with E-state index in [-0.39, 0.29) is 23.4 Å². The lowest BCUT2D eigenvalue weighted by atomic mass is 10.2. The number of carbonyl (C=O) groups is 1. The van der Waals surface area contributed by atoms with Crippen LogP contribution in [0.2, 0.25) is 0 Å². The van der Waals surface area contributed by atoms with Gasteiger partial charge in [0.25, 0.3) is 0 Å². The molecule has 1 aliphatic heterocycles. The summed E-state index contributed by atoms with van der Waals surface area (Å²) in [5.41, 5.74) is 0.640. The van der Waals surface area contributed by atoms with Crippen LogP contribution >= 0.6 is 0 Å². The smallest absolute Gasteiger partial charge is 0.246 e. The van der Waals surface area contributed by atoms with E-state index in [1.165, 1.54) is 12.1 Å². The number of amides is 1. The molecule has 0 aliphatic carbocycles. The highest BCUT2D eigenvalue weighted by Crippen LogP contribution is 2.18. The zero-order valence-corrected chi connectivity index (χ0v) is 14.0. The fourth-order valence-corrected chi connectivity index (χ4v) is 3.12. The van der Waals surface area contributed by atoms with Gasteiger partial charge in [0, 0.05) is 11.8 Å². The fraction of sp³-hybridized carbons (Fsp3) is 0.400. The molecule has 1 fully saturated rings. The van der Waals surface area contributed by atoms with Crippen LogP contribution in [0.3, 0.4) is 0 Å². The summed E-state index contributed by atoms with van der Waals surface area (Å²) in [6, 6.07) is 6.07. The van der Waals surface area contributed by atoms with Crippen LogP contribution in [-0.4, -0.2) is 43.3 Å². The number of carbonyl (C=O) groups excluding carboxylic acids is 1. The molecule has 1 aromatic carbocycles. The summed E-state index contributed by atoms with van der Waals surface area (Å²) in [5, 5.41) is 9.72. The molecular weight excluding hydrogens is 332 g/mol.